The van der Waals surface area contributed by atoms with E-state index >= 15 is 0 Å². The highest BCUT2D eigenvalue weighted by Gasteiger charge is 2.16. The second-order valence-corrected chi connectivity index (χ2v) is 6.82. The van der Waals surface area contributed by atoms with Crippen molar-refractivity contribution in [1.82, 2.24) is 14.7 Å². The van der Waals surface area contributed by atoms with Crippen molar-refractivity contribution in [3.8, 4) is 11.3 Å². The fraction of sp³-hybridized carbons (Fsp3) is 0.111. The molecule has 25 heavy (non-hydrogen) atoms. The summed E-state index contributed by atoms with van der Waals surface area (Å²) in [5, 5.41) is 5.29. The van der Waals surface area contributed by atoms with Gasteiger partial charge in [0.2, 0.25) is 0 Å². The normalized spacial score (nSPS) is 11.1. The molecule has 0 atom stereocenters. The topological polar surface area (TPSA) is 59.5 Å². The number of nitrogens with one attached hydrogen (secondary N) is 1. The maximum Gasteiger partial charge on any atom is 0.269 e. The van der Waals surface area contributed by atoms with E-state index in [1.807, 2.05) is 49.5 Å². The third-order valence-corrected chi connectivity index (χ3v) is 4.98. The minimum absolute atomic E-state index is 0.177. The molecular formula is C18H14ClN3O2S. The predicted molar refractivity (Wildman–Crippen MR) is 98.1 cm³/mol. The number of fused-ring (bicyclic) bond motifs is 1. The van der Waals surface area contributed by atoms with Gasteiger partial charge in [-0.1, -0.05) is 29.8 Å². The molecule has 126 valence electrons. The van der Waals surface area contributed by atoms with Crippen LogP contribution in [0.1, 0.15) is 22.0 Å². The van der Waals surface area contributed by atoms with Gasteiger partial charge in [-0.15, -0.1) is 11.3 Å². The number of carbonyl (C=O) groups is 1. The second kappa shape index (κ2) is 6.38. The first kappa shape index (κ1) is 15.9. The van der Waals surface area contributed by atoms with E-state index in [0.717, 1.165) is 27.7 Å². The largest absolute Gasteiger partial charge is 0.465 e. The molecule has 4 rings (SSSR count). The first-order chi connectivity index (χ1) is 12.1. The van der Waals surface area contributed by atoms with Crippen molar-refractivity contribution in [2.45, 2.75) is 13.5 Å². The number of aromatic nitrogens is 2. The Kier molecular flexibility index (Phi) is 4.07. The molecule has 0 bridgehead atoms. The van der Waals surface area contributed by atoms with E-state index in [2.05, 4.69) is 10.3 Å². The van der Waals surface area contributed by atoms with Gasteiger partial charge in [-0.3, -0.25) is 9.20 Å². The fourth-order valence-corrected chi connectivity index (χ4v) is 3.67. The zero-order valence-corrected chi connectivity index (χ0v) is 14.9. The molecule has 0 unspecified atom stereocenters. The molecule has 1 amide bonds. The van der Waals surface area contributed by atoms with E-state index in [4.69, 9.17) is 16.0 Å². The van der Waals surface area contributed by atoms with E-state index in [9.17, 15) is 4.79 Å². The third-order valence-electron chi connectivity index (χ3n) is 3.81. The summed E-state index contributed by atoms with van der Waals surface area (Å²) in [5.41, 5.74) is 2.12. The van der Waals surface area contributed by atoms with Crippen LogP contribution in [0.25, 0.3) is 16.2 Å². The maximum atomic E-state index is 12.5. The van der Waals surface area contributed by atoms with Gasteiger partial charge < -0.3 is 9.73 Å². The molecule has 3 heterocycles. The summed E-state index contributed by atoms with van der Waals surface area (Å²) in [6.45, 7) is 2.21. The number of amides is 1. The van der Waals surface area contributed by atoms with E-state index in [1.165, 1.54) is 11.3 Å². The molecular weight excluding hydrogens is 358 g/mol. The number of aryl methyl sites for hydroxylation is 1. The Morgan fingerprint density at radius 2 is 2.16 bits per heavy atom. The Hall–Kier alpha value is -2.57. The van der Waals surface area contributed by atoms with Crippen molar-refractivity contribution in [3.05, 3.63) is 70.2 Å². The number of carbonyl (C=O) groups excluding carboxylic acids is 1. The van der Waals surface area contributed by atoms with Crippen LogP contribution in [0.2, 0.25) is 5.02 Å². The Morgan fingerprint density at radius 3 is 2.92 bits per heavy atom. The number of thiazole rings is 1. The highest BCUT2D eigenvalue weighted by Crippen LogP contribution is 2.29. The van der Waals surface area contributed by atoms with Gasteiger partial charge in [-0.25, -0.2) is 4.98 Å². The van der Waals surface area contributed by atoms with Gasteiger partial charge in [0.05, 0.1) is 17.3 Å². The number of nitrogens with zero attached hydrogens (tertiary/aromatic N) is 2. The fourth-order valence-electron chi connectivity index (χ4n) is 2.58. The minimum Gasteiger partial charge on any atom is -0.465 e. The average molecular weight is 372 g/mol. The molecule has 0 aliphatic carbocycles. The molecule has 0 radical (unpaired) electrons. The first-order valence-corrected chi connectivity index (χ1v) is 8.92. The molecule has 0 spiro atoms. The summed E-state index contributed by atoms with van der Waals surface area (Å²) in [7, 11) is 0. The number of imidazole rings is 1. The lowest BCUT2D eigenvalue weighted by atomic mass is 10.2. The molecule has 0 fully saturated rings. The lowest BCUT2D eigenvalue weighted by Gasteiger charge is -2.02. The molecule has 0 saturated heterocycles. The van der Waals surface area contributed by atoms with Gasteiger partial charge in [-0.05, 0) is 25.1 Å². The van der Waals surface area contributed by atoms with Crippen LogP contribution in [0.15, 0.2) is 52.4 Å². The molecule has 0 aliphatic rings. The number of furan rings is 1. The average Bonchev–Trinajstić information content (AvgIpc) is 3.28. The number of hydrogen-bond acceptors (Lipinski definition) is 4. The van der Waals surface area contributed by atoms with Crippen LogP contribution in [0.4, 0.5) is 0 Å². The van der Waals surface area contributed by atoms with Crippen molar-refractivity contribution >= 4 is 33.8 Å². The van der Waals surface area contributed by atoms with Crippen LogP contribution >= 0.6 is 22.9 Å². The van der Waals surface area contributed by atoms with Crippen LogP contribution in [-0.4, -0.2) is 15.3 Å². The summed E-state index contributed by atoms with van der Waals surface area (Å²) in [5.74, 6) is 1.37. The van der Waals surface area contributed by atoms with Gasteiger partial charge in [0.15, 0.2) is 4.96 Å². The van der Waals surface area contributed by atoms with Crippen LogP contribution in [0.3, 0.4) is 0 Å². The van der Waals surface area contributed by atoms with Gasteiger partial charge in [0.25, 0.3) is 5.91 Å². The van der Waals surface area contributed by atoms with Crippen molar-refractivity contribution in [1.29, 1.82) is 0 Å². The number of rotatable bonds is 4. The molecule has 1 aromatic carbocycles. The van der Waals surface area contributed by atoms with E-state index in [-0.39, 0.29) is 5.91 Å². The summed E-state index contributed by atoms with van der Waals surface area (Å²) in [4.78, 5) is 17.8. The maximum absolute atomic E-state index is 12.5. The quantitative estimate of drug-likeness (QED) is 0.572. The third kappa shape index (κ3) is 3.06. The van der Waals surface area contributed by atoms with Crippen molar-refractivity contribution in [2.24, 2.45) is 0 Å². The monoisotopic (exact) mass is 371 g/mol. The van der Waals surface area contributed by atoms with Crippen LogP contribution in [-0.2, 0) is 6.54 Å². The molecule has 1 N–H and O–H groups in total. The minimum atomic E-state index is -0.177. The molecule has 0 saturated carbocycles. The van der Waals surface area contributed by atoms with Gasteiger partial charge in [0.1, 0.15) is 17.2 Å². The SMILES string of the molecule is Cc1ccc(CNC(=O)c2csc3nc(-c4ccccc4Cl)cn23)o1. The molecule has 3 aromatic heterocycles. The van der Waals surface area contributed by atoms with Gasteiger partial charge >= 0.3 is 0 Å². The predicted octanol–water partition coefficient (Wildman–Crippen LogP) is 4.55. The zero-order valence-electron chi connectivity index (χ0n) is 13.3. The van der Waals surface area contributed by atoms with E-state index < -0.39 is 0 Å². The highest BCUT2D eigenvalue weighted by atomic mass is 35.5. The van der Waals surface area contributed by atoms with Gasteiger partial charge in [-0.2, -0.15) is 0 Å². The Balaban J connectivity index is 1.60. The van der Waals surface area contributed by atoms with Crippen LogP contribution in [0.5, 0.6) is 0 Å². The van der Waals surface area contributed by atoms with Crippen LogP contribution < -0.4 is 5.32 Å². The van der Waals surface area contributed by atoms with Crippen molar-refractivity contribution < 1.29 is 9.21 Å². The van der Waals surface area contributed by atoms with Crippen molar-refractivity contribution in [3.63, 3.8) is 0 Å². The molecule has 5 nitrogen and oxygen atoms in total. The van der Waals surface area contributed by atoms with E-state index in [1.54, 1.807) is 9.78 Å². The molecule has 0 aliphatic heterocycles. The van der Waals surface area contributed by atoms with Gasteiger partial charge in [0, 0.05) is 17.1 Å². The Labute approximate surface area is 152 Å². The zero-order chi connectivity index (χ0) is 17.4. The van der Waals surface area contributed by atoms with Crippen LogP contribution in [0, 0.1) is 6.92 Å². The Bertz CT molecular complexity index is 1060. The van der Waals surface area contributed by atoms with E-state index in [0.29, 0.717) is 17.3 Å². The summed E-state index contributed by atoms with van der Waals surface area (Å²) >= 11 is 7.65. The highest BCUT2D eigenvalue weighted by molar-refractivity contribution is 7.15. The Morgan fingerprint density at radius 1 is 1.32 bits per heavy atom. The first-order valence-electron chi connectivity index (χ1n) is 7.67. The van der Waals surface area contributed by atoms with Crippen molar-refractivity contribution in [2.75, 3.05) is 0 Å². The molecule has 4 aromatic rings. The summed E-state index contributed by atoms with van der Waals surface area (Å²) in [6, 6.07) is 11.2. The number of benzene rings is 1. The molecule has 7 heteroatoms. The number of halogens is 1. The number of hydrogen-bond donors (Lipinski definition) is 1. The lowest BCUT2D eigenvalue weighted by molar-refractivity contribution is 0.0942. The summed E-state index contributed by atoms with van der Waals surface area (Å²) < 4.78 is 7.25. The second-order valence-electron chi connectivity index (χ2n) is 5.57. The smallest absolute Gasteiger partial charge is 0.269 e. The standard InChI is InChI=1S/C18H14ClN3O2S/c1-11-6-7-12(24-11)8-20-17(23)16-10-25-18-21-15(9-22(16)18)13-4-2-3-5-14(13)19/h2-7,9-10H,8H2,1H3,(H,20,23). The summed E-state index contributed by atoms with van der Waals surface area (Å²) in [6.07, 6.45) is 1.83. The lowest BCUT2D eigenvalue weighted by Crippen LogP contribution is -2.23.